The maximum atomic E-state index is 13.8. The number of oxime groups is 1. The van der Waals surface area contributed by atoms with E-state index in [-0.39, 0.29) is 17.8 Å². The molecule has 1 aromatic rings. The number of carbonyl (C=O) groups is 1. The maximum absolute atomic E-state index is 13.8. The normalized spacial score (nSPS) is 13.1. The summed E-state index contributed by atoms with van der Waals surface area (Å²) in [5, 5.41) is 13.8. The molecular formula is C13H17F2N3O2. The van der Waals surface area contributed by atoms with Gasteiger partial charge in [-0.05, 0) is 25.0 Å². The molecule has 7 heteroatoms. The third-order valence-electron chi connectivity index (χ3n) is 2.92. The number of halogens is 2. The Hall–Kier alpha value is -2.18. The molecule has 0 fully saturated rings. The van der Waals surface area contributed by atoms with Crippen molar-refractivity contribution in [2.75, 3.05) is 0 Å². The van der Waals surface area contributed by atoms with Crippen LogP contribution in [0.1, 0.15) is 35.7 Å². The van der Waals surface area contributed by atoms with E-state index in [4.69, 9.17) is 10.9 Å². The fourth-order valence-corrected chi connectivity index (χ4v) is 1.71. The number of carbonyl (C=O) groups excluding carboxylic acids is 1. The Morgan fingerprint density at radius 2 is 2.15 bits per heavy atom. The number of amidine groups is 1. The molecule has 110 valence electrons. The molecule has 0 radical (unpaired) electrons. The lowest BCUT2D eigenvalue weighted by Crippen LogP contribution is -2.38. The molecule has 1 atom stereocenters. The van der Waals surface area contributed by atoms with Crippen molar-refractivity contribution in [1.82, 2.24) is 5.32 Å². The van der Waals surface area contributed by atoms with E-state index in [1.165, 1.54) is 13.0 Å². The van der Waals surface area contributed by atoms with Gasteiger partial charge in [-0.2, -0.15) is 0 Å². The maximum Gasteiger partial charge on any atom is 0.257 e. The molecule has 0 spiro atoms. The van der Waals surface area contributed by atoms with Gasteiger partial charge in [0.05, 0.1) is 0 Å². The Labute approximate surface area is 115 Å². The van der Waals surface area contributed by atoms with Crippen molar-refractivity contribution in [3.8, 4) is 0 Å². The first kappa shape index (κ1) is 15.9. The van der Waals surface area contributed by atoms with E-state index in [0.29, 0.717) is 6.42 Å². The monoisotopic (exact) mass is 285 g/mol. The lowest BCUT2D eigenvalue weighted by molar-refractivity contribution is 0.0928. The quantitative estimate of drug-likeness (QED) is 0.334. The highest BCUT2D eigenvalue weighted by Crippen LogP contribution is 2.16. The standard InChI is InChI=1S/C13H17F2N3O2/c1-3-8(6-10(16)18-20)17-13(19)11-9(14)5-4-7(2)12(11)15/h4-5,8,20H,3,6H2,1-2H3,(H2,16,18)(H,17,19). The van der Waals surface area contributed by atoms with Crippen molar-refractivity contribution in [2.24, 2.45) is 10.9 Å². The molecule has 0 aromatic heterocycles. The summed E-state index contributed by atoms with van der Waals surface area (Å²) in [7, 11) is 0. The Morgan fingerprint density at radius 1 is 1.50 bits per heavy atom. The minimum Gasteiger partial charge on any atom is -0.409 e. The zero-order valence-electron chi connectivity index (χ0n) is 11.3. The van der Waals surface area contributed by atoms with E-state index in [0.717, 1.165) is 6.07 Å². The van der Waals surface area contributed by atoms with E-state index < -0.39 is 29.1 Å². The van der Waals surface area contributed by atoms with E-state index in [1.807, 2.05) is 0 Å². The van der Waals surface area contributed by atoms with Crippen LogP contribution in [-0.2, 0) is 0 Å². The largest absolute Gasteiger partial charge is 0.409 e. The molecule has 1 rings (SSSR count). The van der Waals surface area contributed by atoms with Crippen LogP contribution in [-0.4, -0.2) is 23.0 Å². The molecule has 4 N–H and O–H groups in total. The van der Waals surface area contributed by atoms with Crippen molar-refractivity contribution in [3.05, 3.63) is 34.9 Å². The second-order valence-electron chi connectivity index (χ2n) is 4.43. The van der Waals surface area contributed by atoms with Crippen molar-refractivity contribution < 1.29 is 18.8 Å². The molecule has 1 amide bonds. The molecule has 20 heavy (non-hydrogen) atoms. The number of benzene rings is 1. The Kier molecular flexibility index (Phi) is 5.42. The molecule has 0 aliphatic rings. The summed E-state index contributed by atoms with van der Waals surface area (Å²) in [6.07, 6.45) is 0.560. The van der Waals surface area contributed by atoms with E-state index in [2.05, 4.69) is 10.5 Å². The summed E-state index contributed by atoms with van der Waals surface area (Å²) >= 11 is 0. The summed E-state index contributed by atoms with van der Waals surface area (Å²) in [6, 6.07) is 1.82. The molecule has 1 unspecified atom stereocenters. The average molecular weight is 285 g/mol. The van der Waals surface area contributed by atoms with Crippen LogP contribution < -0.4 is 11.1 Å². The first-order valence-corrected chi connectivity index (χ1v) is 6.12. The molecule has 1 aromatic carbocycles. The summed E-state index contributed by atoms with van der Waals surface area (Å²) in [5.74, 6) is -2.74. The molecule has 5 nitrogen and oxygen atoms in total. The van der Waals surface area contributed by atoms with E-state index >= 15 is 0 Å². The first-order chi connectivity index (χ1) is 9.40. The highest BCUT2D eigenvalue weighted by atomic mass is 19.1. The van der Waals surface area contributed by atoms with Gasteiger partial charge < -0.3 is 16.3 Å². The van der Waals surface area contributed by atoms with E-state index in [1.54, 1.807) is 6.92 Å². The lowest BCUT2D eigenvalue weighted by Gasteiger charge is -2.17. The number of amides is 1. The lowest BCUT2D eigenvalue weighted by atomic mass is 10.1. The molecule has 0 heterocycles. The van der Waals surface area contributed by atoms with Gasteiger partial charge in [0.1, 0.15) is 23.0 Å². The molecule has 0 aliphatic heterocycles. The van der Waals surface area contributed by atoms with Gasteiger partial charge in [-0.1, -0.05) is 18.1 Å². The fraction of sp³-hybridized carbons (Fsp3) is 0.385. The number of nitrogens with zero attached hydrogens (tertiary/aromatic N) is 1. The van der Waals surface area contributed by atoms with E-state index in [9.17, 15) is 13.6 Å². The van der Waals surface area contributed by atoms with Crippen LogP contribution in [0.5, 0.6) is 0 Å². The predicted octanol–water partition coefficient (Wildman–Crippen LogP) is 1.92. The van der Waals surface area contributed by atoms with Gasteiger partial charge in [-0.3, -0.25) is 4.79 Å². The van der Waals surface area contributed by atoms with Crippen LogP contribution in [0.4, 0.5) is 8.78 Å². The molecule has 0 bridgehead atoms. The van der Waals surface area contributed by atoms with Crippen molar-refractivity contribution in [1.29, 1.82) is 0 Å². The zero-order chi connectivity index (χ0) is 15.3. The predicted molar refractivity (Wildman–Crippen MR) is 70.7 cm³/mol. The highest BCUT2D eigenvalue weighted by molar-refractivity contribution is 5.95. The van der Waals surface area contributed by atoms with Crippen LogP contribution in [0, 0.1) is 18.6 Å². The Morgan fingerprint density at radius 3 is 2.70 bits per heavy atom. The number of nitrogens with two attached hydrogens (primary N) is 1. The van der Waals surface area contributed by atoms with Gasteiger partial charge in [0.25, 0.3) is 5.91 Å². The Bertz CT molecular complexity index is 533. The van der Waals surface area contributed by atoms with Gasteiger partial charge >= 0.3 is 0 Å². The number of hydrogen-bond acceptors (Lipinski definition) is 3. The zero-order valence-corrected chi connectivity index (χ0v) is 11.3. The molecule has 0 saturated carbocycles. The Balaban J connectivity index is 2.93. The third-order valence-corrected chi connectivity index (χ3v) is 2.92. The first-order valence-electron chi connectivity index (χ1n) is 6.12. The number of aryl methyl sites for hydroxylation is 1. The topological polar surface area (TPSA) is 87.7 Å². The second-order valence-corrected chi connectivity index (χ2v) is 4.43. The molecule has 0 saturated heterocycles. The van der Waals surface area contributed by atoms with Crippen molar-refractivity contribution in [3.63, 3.8) is 0 Å². The highest BCUT2D eigenvalue weighted by Gasteiger charge is 2.21. The molecule has 0 aliphatic carbocycles. The van der Waals surface area contributed by atoms with Crippen LogP contribution in [0.15, 0.2) is 17.3 Å². The number of rotatable bonds is 5. The van der Waals surface area contributed by atoms with Crippen LogP contribution >= 0.6 is 0 Å². The van der Waals surface area contributed by atoms with Crippen LogP contribution in [0.3, 0.4) is 0 Å². The summed E-state index contributed by atoms with van der Waals surface area (Å²) < 4.78 is 27.4. The van der Waals surface area contributed by atoms with Crippen LogP contribution in [0.25, 0.3) is 0 Å². The SMILES string of the molecule is CCC(C/C(N)=N/O)NC(=O)c1c(F)ccc(C)c1F. The average Bonchev–Trinajstić information content (AvgIpc) is 2.42. The van der Waals surface area contributed by atoms with Crippen molar-refractivity contribution >= 4 is 11.7 Å². The number of nitrogens with one attached hydrogen (secondary N) is 1. The van der Waals surface area contributed by atoms with Gasteiger partial charge in [0.2, 0.25) is 0 Å². The van der Waals surface area contributed by atoms with Gasteiger partial charge in [0.15, 0.2) is 0 Å². The van der Waals surface area contributed by atoms with Crippen LogP contribution in [0.2, 0.25) is 0 Å². The smallest absolute Gasteiger partial charge is 0.257 e. The van der Waals surface area contributed by atoms with Gasteiger partial charge in [-0.15, -0.1) is 0 Å². The minimum absolute atomic E-state index is 0.0673. The summed E-state index contributed by atoms with van der Waals surface area (Å²) in [5.41, 5.74) is 4.91. The summed E-state index contributed by atoms with van der Waals surface area (Å²) in [4.78, 5) is 11.9. The summed E-state index contributed by atoms with van der Waals surface area (Å²) in [6.45, 7) is 3.21. The minimum atomic E-state index is -0.927. The number of hydrogen-bond donors (Lipinski definition) is 3. The van der Waals surface area contributed by atoms with Gasteiger partial charge in [-0.25, -0.2) is 8.78 Å². The second kappa shape index (κ2) is 6.83. The van der Waals surface area contributed by atoms with Gasteiger partial charge in [0, 0.05) is 12.5 Å². The fourth-order valence-electron chi connectivity index (χ4n) is 1.71. The third kappa shape index (κ3) is 3.66. The van der Waals surface area contributed by atoms with Crippen molar-refractivity contribution in [2.45, 2.75) is 32.7 Å². The molecular weight excluding hydrogens is 268 g/mol.